The lowest BCUT2D eigenvalue weighted by Gasteiger charge is -2.33. The van der Waals surface area contributed by atoms with Crippen LogP contribution in [-0.4, -0.2) is 75.7 Å². The van der Waals surface area contributed by atoms with Crippen LogP contribution in [0.3, 0.4) is 0 Å². The van der Waals surface area contributed by atoms with E-state index in [-0.39, 0.29) is 50.5 Å². The van der Waals surface area contributed by atoms with Gasteiger partial charge in [-0.2, -0.15) is 5.10 Å². The molecule has 236 valence electrons. The molecule has 13 nitrogen and oxygen atoms in total. The Morgan fingerprint density at radius 2 is 2.00 bits per heavy atom. The number of carbonyl (C=O) groups excluding carboxylic acids is 3. The van der Waals surface area contributed by atoms with E-state index in [1.807, 2.05) is 42.5 Å². The Labute approximate surface area is 260 Å². The van der Waals surface area contributed by atoms with Crippen LogP contribution in [0.1, 0.15) is 47.0 Å². The Morgan fingerprint density at radius 1 is 1.11 bits per heavy atom. The summed E-state index contributed by atoms with van der Waals surface area (Å²) >= 11 is 0. The Hall–Kier alpha value is -4.78. The minimum Gasteiger partial charge on any atom is -0.484 e. The number of hydrogen-bond acceptors (Lipinski definition) is 8. The van der Waals surface area contributed by atoms with Gasteiger partial charge in [0.25, 0.3) is 11.8 Å². The van der Waals surface area contributed by atoms with Crippen LogP contribution in [0.5, 0.6) is 5.75 Å². The maximum absolute atomic E-state index is 14.3. The van der Waals surface area contributed by atoms with Crippen molar-refractivity contribution in [1.29, 1.82) is 0 Å². The quantitative estimate of drug-likeness (QED) is 0.266. The van der Waals surface area contributed by atoms with E-state index in [1.54, 1.807) is 17.9 Å². The summed E-state index contributed by atoms with van der Waals surface area (Å²) in [5.74, 6) is 1.32. The van der Waals surface area contributed by atoms with Gasteiger partial charge in [-0.25, -0.2) is 0 Å². The molecule has 3 N–H and O–H groups in total. The zero-order chi connectivity index (χ0) is 31.2. The molecule has 2 aromatic heterocycles. The fourth-order valence-corrected chi connectivity index (χ4v) is 6.21. The van der Waals surface area contributed by atoms with Crippen molar-refractivity contribution in [2.45, 2.75) is 51.7 Å². The van der Waals surface area contributed by atoms with Gasteiger partial charge in [0.2, 0.25) is 5.91 Å². The number of ether oxygens (including phenoxy) is 2. The number of benzene rings is 2. The molecule has 0 fully saturated rings. The number of hydrogen-bond donors (Lipinski definition) is 3. The lowest BCUT2D eigenvalue weighted by Crippen LogP contribution is -2.50. The minimum absolute atomic E-state index is 0.0701. The van der Waals surface area contributed by atoms with Crippen LogP contribution < -0.4 is 20.7 Å². The molecule has 6 rings (SSSR count). The molecule has 4 aromatic rings. The van der Waals surface area contributed by atoms with Crippen molar-refractivity contribution in [3.63, 3.8) is 0 Å². The maximum atomic E-state index is 14.3. The largest absolute Gasteiger partial charge is 0.484 e. The highest BCUT2D eigenvalue weighted by molar-refractivity contribution is 6.05. The Kier molecular flexibility index (Phi) is 9.06. The van der Waals surface area contributed by atoms with E-state index in [9.17, 15) is 14.4 Å². The van der Waals surface area contributed by atoms with Crippen LogP contribution >= 0.6 is 0 Å². The SMILES string of the molecule is COCCCC1(C(=O)NCc2nnc3n2CCC3)CNC(=O)c2c3ccccc3nn2CCNC(=O)COc2cccc(c2)C1. The fraction of sp³-hybridized carbons (Fsp3) is 0.438. The Bertz CT molecular complexity index is 1700. The molecule has 1 atom stereocenters. The fourth-order valence-electron chi connectivity index (χ4n) is 6.21. The summed E-state index contributed by atoms with van der Waals surface area (Å²) in [6.45, 7) is 1.94. The summed E-state index contributed by atoms with van der Waals surface area (Å²) in [4.78, 5) is 40.9. The highest BCUT2D eigenvalue weighted by Crippen LogP contribution is 2.31. The lowest BCUT2D eigenvalue weighted by molar-refractivity contribution is -0.131. The highest BCUT2D eigenvalue weighted by Gasteiger charge is 2.39. The Balaban J connectivity index is 1.36. The number of amides is 3. The maximum Gasteiger partial charge on any atom is 0.270 e. The number of methoxy groups -OCH3 is 1. The summed E-state index contributed by atoms with van der Waals surface area (Å²) in [7, 11) is 1.63. The van der Waals surface area contributed by atoms with Gasteiger partial charge in [-0.05, 0) is 49.4 Å². The van der Waals surface area contributed by atoms with Gasteiger partial charge in [-0.15, -0.1) is 10.2 Å². The molecule has 2 aliphatic heterocycles. The van der Waals surface area contributed by atoms with Gasteiger partial charge in [-0.1, -0.05) is 30.3 Å². The molecule has 3 amide bonds. The van der Waals surface area contributed by atoms with E-state index in [0.717, 1.165) is 30.8 Å². The van der Waals surface area contributed by atoms with Crippen LogP contribution in [0.15, 0.2) is 48.5 Å². The van der Waals surface area contributed by atoms with E-state index in [2.05, 4.69) is 35.8 Å². The van der Waals surface area contributed by atoms with E-state index in [0.29, 0.717) is 54.0 Å². The molecule has 2 aliphatic rings. The number of aromatic nitrogens is 5. The summed E-state index contributed by atoms with van der Waals surface area (Å²) < 4.78 is 14.8. The molecule has 4 heterocycles. The smallest absolute Gasteiger partial charge is 0.270 e. The van der Waals surface area contributed by atoms with Gasteiger partial charge in [0.05, 0.1) is 24.0 Å². The predicted octanol–water partition coefficient (Wildman–Crippen LogP) is 1.78. The third kappa shape index (κ3) is 6.68. The number of carbonyl (C=O) groups is 3. The monoisotopic (exact) mass is 614 g/mol. The first-order valence-electron chi connectivity index (χ1n) is 15.4. The van der Waals surface area contributed by atoms with Crippen LogP contribution in [0.2, 0.25) is 0 Å². The van der Waals surface area contributed by atoms with Crippen molar-refractivity contribution in [3.05, 3.63) is 71.4 Å². The average Bonchev–Trinajstić information content (AvgIpc) is 3.76. The third-order valence-electron chi connectivity index (χ3n) is 8.48. The number of aryl methyl sites for hydroxylation is 1. The summed E-state index contributed by atoms with van der Waals surface area (Å²) in [6, 6.07) is 14.8. The van der Waals surface area contributed by atoms with E-state index in [4.69, 9.17) is 9.47 Å². The van der Waals surface area contributed by atoms with Crippen LogP contribution in [0, 0.1) is 5.41 Å². The van der Waals surface area contributed by atoms with Crippen molar-refractivity contribution < 1.29 is 23.9 Å². The van der Waals surface area contributed by atoms with Crippen LogP contribution in [0.4, 0.5) is 0 Å². The van der Waals surface area contributed by atoms with Gasteiger partial charge in [0.1, 0.15) is 17.3 Å². The first-order chi connectivity index (χ1) is 22.0. The van der Waals surface area contributed by atoms with Gasteiger partial charge >= 0.3 is 0 Å². The number of nitrogens with zero attached hydrogens (tertiary/aromatic N) is 5. The van der Waals surface area contributed by atoms with E-state index in [1.165, 1.54) is 0 Å². The van der Waals surface area contributed by atoms with Gasteiger partial charge in [-0.3, -0.25) is 19.1 Å². The molecule has 45 heavy (non-hydrogen) atoms. The molecule has 2 aromatic carbocycles. The van der Waals surface area contributed by atoms with Crippen molar-refractivity contribution >= 4 is 28.6 Å². The molecule has 2 bridgehead atoms. The zero-order valence-corrected chi connectivity index (χ0v) is 25.4. The summed E-state index contributed by atoms with van der Waals surface area (Å²) in [5, 5.41) is 23.0. The summed E-state index contributed by atoms with van der Waals surface area (Å²) in [5.41, 5.74) is 0.822. The topological polar surface area (TPSA) is 154 Å². The molecule has 0 saturated carbocycles. The van der Waals surface area contributed by atoms with Gasteiger partial charge in [0, 0.05) is 45.2 Å². The van der Waals surface area contributed by atoms with Gasteiger partial charge in [0.15, 0.2) is 12.4 Å². The molecular formula is C32H38N8O5. The molecule has 0 spiro atoms. The molecular weight excluding hydrogens is 576 g/mol. The lowest BCUT2D eigenvalue weighted by atomic mass is 9.76. The van der Waals surface area contributed by atoms with Crippen molar-refractivity contribution in [2.24, 2.45) is 5.41 Å². The molecule has 0 radical (unpaired) electrons. The van der Waals surface area contributed by atoms with Crippen LogP contribution in [0.25, 0.3) is 10.9 Å². The van der Waals surface area contributed by atoms with Crippen molar-refractivity contribution in [2.75, 3.05) is 33.4 Å². The number of fused-ring (bicyclic) bond motifs is 6. The second kappa shape index (κ2) is 13.5. The predicted molar refractivity (Wildman–Crippen MR) is 164 cm³/mol. The van der Waals surface area contributed by atoms with Crippen molar-refractivity contribution in [3.8, 4) is 5.75 Å². The highest BCUT2D eigenvalue weighted by atomic mass is 16.5. The summed E-state index contributed by atoms with van der Waals surface area (Å²) in [6.07, 6.45) is 3.23. The number of rotatable bonds is 7. The first-order valence-corrected chi connectivity index (χ1v) is 15.4. The molecule has 1 unspecified atom stereocenters. The second-order valence-electron chi connectivity index (χ2n) is 11.6. The average molecular weight is 615 g/mol. The third-order valence-corrected chi connectivity index (χ3v) is 8.48. The van der Waals surface area contributed by atoms with Gasteiger partial charge < -0.3 is 30.0 Å². The normalized spacial score (nSPS) is 18.9. The molecule has 13 heteroatoms. The Morgan fingerprint density at radius 3 is 2.89 bits per heavy atom. The second-order valence-corrected chi connectivity index (χ2v) is 11.6. The van der Waals surface area contributed by atoms with E-state index >= 15 is 0 Å². The van der Waals surface area contributed by atoms with Crippen LogP contribution in [-0.2, 0) is 46.8 Å². The first kappa shape index (κ1) is 30.3. The van der Waals surface area contributed by atoms with E-state index < -0.39 is 5.41 Å². The number of nitrogens with one attached hydrogen (secondary N) is 3. The standard InChI is InChI=1S/C32H38N8O5/c1-44-16-6-12-32(31(43)34-19-27-37-36-26-11-5-14-39(26)27)18-22-7-4-8-23(17-22)45-20-28(41)33-13-15-40-29(30(42)35-21-32)24-9-2-3-10-25(24)38-40/h2-4,7-10,17H,5-6,11-16,18-21H2,1H3,(H,33,41)(H,34,43)(H,35,42). The molecule has 0 aliphatic carbocycles. The molecule has 0 saturated heterocycles. The van der Waals surface area contributed by atoms with Crippen molar-refractivity contribution in [1.82, 2.24) is 40.5 Å². The zero-order valence-electron chi connectivity index (χ0n) is 25.4. The minimum atomic E-state index is -1.05.